The summed E-state index contributed by atoms with van der Waals surface area (Å²) in [5, 5.41) is 3.74. The lowest BCUT2D eigenvalue weighted by Crippen LogP contribution is -2.11. The molecule has 4 heteroatoms. The number of ketones is 1. The van der Waals surface area contributed by atoms with Gasteiger partial charge in [0.05, 0.1) is 5.56 Å². The molecule has 0 spiro atoms. The largest absolute Gasteiger partial charge is 0.384 e. The van der Waals surface area contributed by atoms with Crippen molar-refractivity contribution in [1.29, 1.82) is 0 Å². The fourth-order valence-corrected chi connectivity index (χ4v) is 2.40. The summed E-state index contributed by atoms with van der Waals surface area (Å²) in [5.41, 5.74) is 1.18. The van der Waals surface area contributed by atoms with E-state index in [9.17, 15) is 9.18 Å². The Balaban J connectivity index is 1.93. The van der Waals surface area contributed by atoms with Crippen LogP contribution >= 0.6 is 11.6 Å². The third kappa shape index (κ3) is 3.24. The molecule has 0 aliphatic heterocycles. The first kappa shape index (κ1) is 14.1. The van der Waals surface area contributed by atoms with Crippen LogP contribution in [0.4, 0.5) is 10.1 Å². The van der Waals surface area contributed by atoms with Gasteiger partial charge in [0.25, 0.3) is 0 Å². The van der Waals surface area contributed by atoms with Crippen LogP contribution in [0.3, 0.4) is 0 Å². The van der Waals surface area contributed by atoms with Crippen molar-refractivity contribution in [1.82, 2.24) is 0 Å². The van der Waals surface area contributed by atoms with Crippen molar-refractivity contribution in [3.05, 3.63) is 64.4 Å². The van der Waals surface area contributed by atoms with Crippen LogP contribution in [0.25, 0.3) is 0 Å². The Hall–Kier alpha value is -1.87. The topological polar surface area (TPSA) is 29.1 Å². The summed E-state index contributed by atoms with van der Waals surface area (Å²) in [6.07, 6.45) is 2.44. The first-order chi connectivity index (χ1) is 10.1. The van der Waals surface area contributed by atoms with Gasteiger partial charge < -0.3 is 5.32 Å². The van der Waals surface area contributed by atoms with Crippen LogP contribution in [0.5, 0.6) is 0 Å². The van der Waals surface area contributed by atoms with Crippen molar-refractivity contribution in [3.63, 3.8) is 0 Å². The number of anilines is 1. The molecule has 0 radical (unpaired) electrons. The molecular weight excluding hydrogens is 289 g/mol. The summed E-state index contributed by atoms with van der Waals surface area (Å²) < 4.78 is 13.8. The third-order valence-electron chi connectivity index (χ3n) is 3.62. The van der Waals surface area contributed by atoms with Crippen molar-refractivity contribution < 1.29 is 9.18 Å². The van der Waals surface area contributed by atoms with E-state index in [1.807, 2.05) is 0 Å². The maximum absolute atomic E-state index is 13.8. The molecule has 0 saturated heterocycles. The Morgan fingerprint density at radius 3 is 2.67 bits per heavy atom. The fourth-order valence-electron chi connectivity index (χ4n) is 2.23. The minimum atomic E-state index is -0.518. The molecule has 3 rings (SSSR count). The Kier molecular flexibility index (Phi) is 3.93. The van der Waals surface area contributed by atoms with E-state index in [2.05, 4.69) is 5.32 Å². The molecular formula is C17H15ClFNO. The SMILES string of the molecule is O=C(c1ccccc1F)c1cc(Cl)ccc1NCC1CC1. The highest BCUT2D eigenvalue weighted by Crippen LogP contribution is 2.30. The lowest BCUT2D eigenvalue weighted by molar-refractivity contribution is 0.103. The van der Waals surface area contributed by atoms with Crippen molar-refractivity contribution in [2.45, 2.75) is 12.8 Å². The molecule has 0 aromatic heterocycles. The molecule has 0 heterocycles. The van der Waals surface area contributed by atoms with Crippen molar-refractivity contribution in [2.75, 3.05) is 11.9 Å². The molecule has 2 aromatic carbocycles. The second-order valence-corrected chi connectivity index (χ2v) is 5.76. The van der Waals surface area contributed by atoms with Crippen molar-refractivity contribution in [3.8, 4) is 0 Å². The summed E-state index contributed by atoms with van der Waals surface area (Å²) in [6.45, 7) is 0.833. The number of hydrogen-bond donors (Lipinski definition) is 1. The van der Waals surface area contributed by atoms with Crippen LogP contribution < -0.4 is 5.32 Å². The molecule has 0 amide bonds. The Bertz CT molecular complexity index is 682. The highest BCUT2D eigenvalue weighted by Gasteiger charge is 2.22. The number of hydrogen-bond acceptors (Lipinski definition) is 2. The summed E-state index contributed by atoms with van der Waals surface area (Å²) in [5.74, 6) is -0.193. The molecule has 1 aliphatic carbocycles. The van der Waals surface area contributed by atoms with Crippen LogP contribution in [-0.4, -0.2) is 12.3 Å². The smallest absolute Gasteiger partial charge is 0.198 e. The highest BCUT2D eigenvalue weighted by atomic mass is 35.5. The van der Waals surface area contributed by atoms with E-state index in [-0.39, 0.29) is 11.3 Å². The molecule has 0 unspecified atom stereocenters. The van der Waals surface area contributed by atoms with E-state index >= 15 is 0 Å². The number of carbonyl (C=O) groups excluding carboxylic acids is 1. The van der Waals surface area contributed by atoms with Crippen molar-refractivity contribution in [2.24, 2.45) is 5.92 Å². The lowest BCUT2D eigenvalue weighted by atomic mass is 10.0. The normalized spacial score (nSPS) is 14.0. The van der Waals surface area contributed by atoms with Gasteiger partial charge in [0.15, 0.2) is 5.78 Å². The van der Waals surface area contributed by atoms with E-state index in [1.165, 1.54) is 25.0 Å². The second-order valence-electron chi connectivity index (χ2n) is 5.32. The van der Waals surface area contributed by atoms with Gasteiger partial charge in [-0.25, -0.2) is 4.39 Å². The van der Waals surface area contributed by atoms with E-state index < -0.39 is 5.82 Å². The summed E-state index contributed by atoms with van der Waals surface area (Å²) in [7, 11) is 0. The summed E-state index contributed by atoms with van der Waals surface area (Å²) in [4.78, 5) is 12.6. The molecule has 2 nitrogen and oxygen atoms in total. The quantitative estimate of drug-likeness (QED) is 0.822. The Labute approximate surface area is 127 Å². The molecule has 1 N–H and O–H groups in total. The molecule has 0 atom stereocenters. The standard InChI is InChI=1S/C17H15ClFNO/c18-12-7-8-16(20-10-11-5-6-11)14(9-12)17(21)13-3-1-2-4-15(13)19/h1-4,7-9,11,20H,5-6,10H2. The molecule has 2 aromatic rings. The molecule has 0 bridgehead atoms. The minimum Gasteiger partial charge on any atom is -0.384 e. The van der Waals surface area contributed by atoms with Crippen LogP contribution in [0.15, 0.2) is 42.5 Å². The van der Waals surface area contributed by atoms with Gasteiger partial charge in [0.1, 0.15) is 5.82 Å². The number of carbonyl (C=O) groups is 1. The van der Waals surface area contributed by atoms with Gasteiger partial charge in [-0.05, 0) is 49.1 Å². The van der Waals surface area contributed by atoms with Gasteiger partial charge in [-0.1, -0.05) is 23.7 Å². The summed E-state index contributed by atoms with van der Waals surface area (Å²) in [6, 6.07) is 11.1. The first-order valence-corrected chi connectivity index (χ1v) is 7.35. The molecule has 1 fully saturated rings. The van der Waals surface area contributed by atoms with Crippen LogP contribution in [0.1, 0.15) is 28.8 Å². The number of benzene rings is 2. The van der Waals surface area contributed by atoms with E-state index in [1.54, 1.807) is 30.3 Å². The first-order valence-electron chi connectivity index (χ1n) is 6.98. The second kappa shape index (κ2) is 5.86. The average Bonchev–Trinajstić information content (AvgIpc) is 3.30. The maximum atomic E-state index is 13.8. The van der Waals surface area contributed by atoms with E-state index in [4.69, 9.17) is 11.6 Å². The summed E-state index contributed by atoms with van der Waals surface area (Å²) >= 11 is 5.99. The molecule has 108 valence electrons. The predicted octanol–water partition coefficient (Wildman–Crippen LogP) is 4.53. The molecule has 21 heavy (non-hydrogen) atoms. The molecule has 1 aliphatic rings. The maximum Gasteiger partial charge on any atom is 0.198 e. The fraction of sp³-hybridized carbons (Fsp3) is 0.235. The van der Waals surface area contributed by atoms with Crippen LogP contribution in [-0.2, 0) is 0 Å². The predicted molar refractivity (Wildman–Crippen MR) is 82.5 cm³/mol. The Morgan fingerprint density at radius 1 is 1.19 bits per heavy atom. The zero-order valence-corrected chi connectivity index (χ0v) is 12.2. The number of halogens is 2. The number of nitrogens with one attached hydrogen (secondary N) is 1. The van der Waals surface area contributed by atoms with Gasteiger partial charge >= 0.3 is 0 Å². The van der Waals surface area contributed by atoms with E-state index in [0.717, 1.165) is 6.54 Å². The highest BCUT2D eigenvalue weighted by molar-refractivity contribution is 6.31. The van der Waals surface area contributed by atoms with Gasteiger partial charge in [-0.2, -0.15) is 0 Å². The van der Waals surface area contributed by atoms with Gasteiger partial charge in [0.2, 0.25) is 0 Å². The zero-order valence-electron chi connectivity index (χ0n) is 11.4. The number of rotatable bonds is 5. The minimum absolute atomic E-state index is 0.0641. The Morgan fingerprint density at radius 2 is 1.95 bits per heavy atom. The third-order valence-corrected chi connectivity index (χ3v) is 3.86. The lowest BCUT2D eigenvalue weighted by Gasteiger charge is -2.12. The van der Waals surface area contributed by atoms with Crippen molar-refractivity contribution >= 4 is 23.1 Å². The van der Waals surface area contributed by atoms with Crippen LogP contribution in [0.2, 0.25) is 5.02 Å². The van der Waals surface area contributed by atoms with Crippen LogP contribution in [0, 0.1) is 11.7 Å². The van der Waals surface area contributed by atoms with Gasteiger partial charge in [0, 0.05) is 22.8 Å². The van der Waals surface area contributed by atoms with Gasteiger partial charge in [-0.3, -0.25) is 4.79 Å². The molecule has 1 saturated carbocycles. The monoisotopic (exact) mass is 303 g/mol. The zero-order chi connectivity index (χ0) is 14.8. The average molecular weight is 304 g/mol. The van der Waals surface area contributed by atoms with E-state index in [0.29, 0.717) is 22.2 Å². The van der Waals surface area contributed by atoms with Gasteiger partial charge in [-0.15, -0.1) is 0 Å².